The van der Waals surface area contributed by atoms with Gasteiger partial charge in [0.2, 0.25) is 5.13 Å². The van der Waals surface area contributed by atoms with Crippen molar-refractivity contribution < 1.29 is 0 Å². The molecule has 0 N–H and O–H groups in total. The van der Waals surface area contributed by atoms with Gasteiger partial charge < -0.3 is 4.90 Å². The summed E-state index contributed by atoms with van der Waals surface area (Å²) < 4.78 is 0. The van der Waals surface area contributed by atoms with E-state index in [9.17, 15) is 0 Å². The SMILES string of the molecule is Cc1nnc(N2CC(c3ccccc3)C(C)(C)C2)s1. The van der Waals surface area contributed by atoms with E-state index in [1.54, 1.807) is 11.3 Å². The lowest BCUT2D eigenvalue weighted by Crippen LogP contribution is -2.23. The Kier molecular flexibility index (Phi) is 3.05. The van der Waals surface area contributed by atoms with Crippen LogP contribution >= 0.6 is 11.3 Å². The molecule has 0 amide bonds. The minimum atomic E-state index is 0.265. The first kappa shape index (κ1) is 12.6. The highest BCUT2D eigenvalue weighted by Gasteiger charge is 2.41. The summed E-state index contributed by atoms with van der Waals surface area (Å²) >= 11 is 1.69. The fourth-order valence-electron chi connectivity index (χ4n) is 2.94. The van der Waals surface area contributed by atoms with Crippen LogP contribution < -0.4 is 4.90 Å². The van der Waals surface area contributed by atoms with Gasteiger partial charge in [0.15, 0.2) is 0 Å². The van der Waals surface area contributed by atoms with Gasteiger partial charge in [-0.15, -0.1) is 10.2 Å². The molecule has 1 aromatic carbocycles. The van der Waals surface area contributed by atoms with Gasteiger partial charge in [0.1, 0.15) is 5.01 Å². The molecule has 1 atom stereocenters. The van der Waals surface area contributed by atoms with Crippen LogP contribution in [-0.4, -0.2) is 23.3 Å². The van der Waals surface area contributed by atoms with Crippen molar-refractivity contribution in [3.63, 3.8) is 0 Å². The molecule has 1 saturated heterocycles. The molecule has 1 aliphatic heterocycles. The molecular weight excluding hydrogens is 254 g/mol. The third-order valence-electron chi connectivity index (χ3n) is 3.93. The van der Waals surface area contributed by atoms with Crippen molar-refractivity contribution in [1.29, 1.82) is 0 Å². The summed E-state index contributed by atoms with van der Waals surface area (Å²) in [5, 5.41) is 10.5. The number of anilines is 1. The standard InChI is InChI=1S/C15H19N3S/c1-11-16-17-14(19-11)18-9-13(15(2,3)10-18)12-7-5-4-6-8-12/h4-8,13H,9-10H2,1-3H3. The molecular formula is C15H19N3S. The average Bonchev–Trinajstić information content (AvgIpc) is 2.94. The molecule has 19 heavy (non-hydrogen) atoms. The maximum Gasteiger partial charge on any atom is 0.208 e. The topological polar surface area (TPSA) is 29.0 Å². The second kappa shape index (κ2) is 4.60. The Morgan fingerprint density at radius 2 is 1.95 bits per heavy atom. The van der Waals surface area contributed by atoms with Gasteiger partial charge in [-0.3, -0.25) is 0 Å². The molecule has 0 saturated carbocycles. The van der Waals surface area contributed by atoms with Gasteiger partial charge in [-0.25, -0.2) is 0 Å². The first-order valence-electron chi connectivity index (χ1n) is 6.66. The van der Waals surface area contributed by atoms with E-state index >= 15 is 0 Å². The second-order valence-electron chi connectivity index (χ2n) is 5.94. The quantitative estimate of drug-likeness (QED) is 0.839. The van der Waals surface area contributed by atoms with Crippen LogP contribution in [0, 0.1) is 12.3 Å². The third kappa shape index (κ3) is 2.37. The summed E-state index contributed by atoms with van der Waals surface area (Å²) in [6.45, 7) is 8.78. The molecule has 0 aliphatic carbocycles. The van der Waals surface area contributed by atoms with Crippen LogP contribution in [0.3, 0.4) is 0 Å². The molecule has 1 fully saturated rings. The number of benzene rings is 1. The van der Waals surface area contributed by atoms with Gasteiger partial charge in [0.25, 0.3) is 0 Å². The second-order valence-corrected chi connectivity index (χ2v) is 7.10. The lowest BCUT2D eigenvalue weighted by Gasteiger charge is -2.25. The molecule has 1 unspecified atom stereocenters. The highest BCUT2D eigenvalue weighted by molar-refractivity contribution is 7.15. The minimum absolute atomic E-state index is 0.265. The number of hydrogen-bond donors (Lipinski definition) is 0. The number of aryl methyl sites for hydroxylation is 1. The number of hydrogen-bond acceptors (Lipinski definition) is 4. The fraction of sp³-hybridized carbons (Fsp3) is 0.467. The lowest BCUT2D eigenvalue weighted by molar-refractivity contribution is 0.365. The van der Waals surface area contributed by atoms with E-state index < -0.39 is 0 Å². The summed E-state index contributed by atoms with van der Waals surface area (Å²) in [6.07, 6.45) is 0. The van der Waals surface area contributed by atoms with Crippen LogP contribution in [-0.2, 0) is 0 Å². The number of rotatable bonds is 2. The Morgan fingerprint density at radius 1 is 1.21 bits per heavy atom. The predicted molar refractivity (Wildman–Crippen MR) is 79.8 cm³/mol. The zero-order chi connectivity index (χ0) is 13.5. The van der Waals surface area contributed by atoms with Crippen molar-refractivity contribution in [2.75, 3.05) is 18.0 Å². The van der Waals surface area contributed by atoms with Crippen LogP contribution in [0.5, 0.6) is 0 Å². The first-order valence-corrected chi connectivity index (χ1v) is 7.48. The smallest absolute Gasteiger partial charge is 0.208 e. The maximum atomic E-state index is 4.29. The molecule has 1 aromatic heterocycles. The largest absolute Gasteiger partial charge is 0.345 e. The molecule has 3 rings (SSSR count). The molecule has 100 valence electrons. The highest BCUT2D eigenvalue weighted by atomic mass is 32.1. The Hall–Kier alpha value is -1.42. The van der Waals surface area contributed by atoms with E-state index in [2.05, 4.69) is 59.3 Å². The fourth-order valence-corrected chi connectivity index (χ4v) is 3.63. The summed E-state index contributed by atoms with van der Waals surface area (Å²) in [6, 6.07) is 10.8. The summed E-state index contributed by atoms with van der Waals surface area (Å²) in [7, 11) is 0. The summed E-state index contributed by atoms with van der Waals surface area (Å²) in [4.78, 5) is 2.38. The van der Waals surface area contributed by atoms with Crippen molar-refractivity contribution >= 4 is 16.5 Å². The molecule has 1 aliphatic rings. The van der Waals surface area contributed by atoms with Crippen molar-refractivity contribution in [3.05, 3.63) is 40.9 Å². The normalized spacial score (nSPS) is 21.8. The van der Waals surface area contributed by atoms with Crippen LogP contribution in [0.2, 0.25) is 0 Å². The zero-order valence-corrected chi connectivity index (χ0v) is 12.4. The van der Waals surface area contributed by atoms with E-state index in [0.29, 0.717) is 5.92 Å². The molecule has 2 heterocycles. The summed E-state index contributed by atoms with van der Waals surface area (Å²) in [5.74, 6) is 0.554. The van der Waals surface area contributed by atoms with E-state index in [-0.39, 0.29) is 5.41 Å². The van der Waals surface area contributed by atoms with Gasteiger partial charge in [0, 0.05) is 19.0 Å². The minimum Gasteiger partial charge on any atom is -0.345 e. The molecule has 2 aromatic rings. The van der Waals surface area contributed by atoms with Crippen LogP contribution in [0.15, 0.2) is 30.3 Å². The van der Waals surface area contributed by atoms with Crippen molar-refractivity contribution in [2.45, 2.75) is 26.7 Å². The van der Waals surface area contributed by atoms with E-state index in [0.717, 1.165) is 23.2 Å². The highest BCUT2D eigenvalue weighted by Crippen LogP contribution is 2.44. The Labute approximate surface area is 118 Å². The Bertz CT molecular complexity index is 562. The zero-order valence-electron chi connectivity index (χ0n) is 11.6. The van der Waals surface area contributed by atoms with Gasteiger partial charge in [-0.2, -0.15) is 0 Å². The lowest BCUT2D eigenvalue weighted by atomic mass is 9.78. The van der Waals surface area contributed by atoms with Gasteiger partial charge in [-0.1, -0.05) is 55.5 Å². The van der Waals surface area contributed by atoms with Crippen LogP contribution in [0.4, 0.5) is 5.13 Å². The van der Waals surface area contributed by atoms with Crippen LogP contribution in [0.1, 0.15) is 30.3 Å². The number of aromatic nitrogens is 2. The van der Waals surface area contributed by atoms with Gasteiger partial charge >= 0.3 is 0 Å². The maximum absolute atomic E-state index is 4.29. The Morgan fingerprint density at radius 3 is 2.58 bits per heavy atom. The molecule has 0 radical (unpaired) electrons. The number of nitrogens with zero attached hydrogens (tertiary/aromatic N) is 3. The molecule has 0 bridgehead atoms. The monoisotopic (exact) mass is 273 g/mol. The molecule has 0 spiro atoms. The first-order chi connectivity index (χ1) is 9.06. The van der Waals surface area contributed by atoms with Gasteiger partial charge in [0.05, 0.1) is 0 Å². The van der Waals surface area contributed by atoms with Gasteiger partial charge in [-0.05, 0) is 17.9 Å². The van der Waals surface area contributed by atoms with Crippen molar-refractivity contribution in [2.24, 2.45) is 5.41 Å². The summed E-state index contributed by atoms with van der Waals surface area (Å²) in [5.41, 5.74) is 1.69. The predicted octanol–water partition coefficient (Wildman–Crippen LogP) is 3.48. The molecule has 3 nitrogen and oxygen atoms in total. The average molecular weight is 273 g/mol. The Balaban J connectivity index is 1.88. The van der Waals surface area contributed by atoms with E-state index in [1.807, 2.05) is 6.92 Å². The van der Waals surface area contributed by atoms with E-state index in [1.165, 1.54) is 5.56 Å². The van der Waals surface area contributed by atoms with Crippen molar-refractivity contribution in [3.8, 4) is 0 Å². The van der Waals surface area contributed by atoms with E-state index in [4.69, 9.17) is 0 Å². The van der Waals surface area contributed by atoms with Crippen LogP contribution in [0.25, 0.3) is 0 Å². The van der Waals surface area contributed by atoms with Crippen molar-refractivity contribution in [1.82, 2.24) is 10.2 Å². The third-order valence-corrected chi connectivity index (χ3v) is 4.83. The molecule has 4 heteroatoms.